The number of aryl methyl sites for hydroxylation is 1. The topological polar surface area (TPSA) is 103 Å². The van der Waals surface area contributed by atoms with Gasteiger partial charge in [-0.25, -0.2) is 13.6 Å². The Kier molecular flexibility index (Phi) is 4.95. The number of hydrogen-bond donors (Lipinski definition) is 2. The zero-order valence-electron chi connectivity index (χ0n) is 12.1. The lowest BCUT2D eigenvalue weighted by Gasteiger charge is -2.23. The van der Waals surface area contributed by atoms with E-state index in [1.165, 1.54) is 16.8 Å². The molecule has 0 aromatic carbocycles. The average Bonchev–Trinajstić information content (AvgIpc) is 2.80. The van der Waals surface area contributed by atoms with Crippen molar-refractivity contribution in [2.75, 3.05) is 13.7 Å². The molecule has 0 unspecified atom stereocenters. The molecule has 0 saturated heterocycles. The predicted molar refractivity (Wildman–Crippen MR) is 74.9 cm³/mol. The van der Waals surface area contributed by atoms with Gasteiger partial charge in [0.2, 0.25) is 10.0 Å². The molecule has 8 heteroatoms. The number of sulfonamides is 1. The van der Waals surface area contributed by atoms with E-state index in [9.17, 15) is 13.2 Å². The second kappa shape index (κ2) is 5.94. The van der Waals surface area contributed by atoms with Gasteiger partial charge in [0.1, 0.15) is 10.6 Å². The molecule has 3 N–H and O–H groups in total. The van der Waals surface area contributed by atoms with Crippen molar-refractivity contribution in [3.63, 3.8) is 0 Å². The summed E-state index contributed by atoms with van der Waals surface area (Å²) >= 11 is 0. The van der Waals surface area contributed by atoms with E-state index in [4.69, 9.17) is 9.88 Å². The molecule has 114 valence electrons. The van der Waals surface area contributed by atoms with E-state index in [1.54, 1.807) is 7.11 Å². The number of ether oxygens (including phenoxy) is 1. The van der Waals surface area contributed by atoms with Gasteiger partial charge in [-0.3, -0.25) is 4.79 Å². The molecular weight excluding hydrogens is 282 g/mol. The number of primary sulfonamides is 1. The molecular formula is C12H21N3O4S. The summed E-state index contributed by atoms with van der Waals surface area (Å²) in [5, 5.41) is 7.77. The Labute approximate surface area is 119 Å². The minimum absolute atomic E-state index is 0.0736. The summed E-state index contributed by atoms with van der Waals surface area (Å²) < 4.78 is 29.4. The van der Waals surface area contributed by atoms with Crippen LogP contribution in [-0.4, -0.2) is 38.1 Å². The van der Waals surface area contributed by atoms with Gasteiger partial charge >= 0.3 is 0 Å². The quantitative estimate of drug-likeness (QED) is 0.789. The van der Waals surface area contributed by atoms with Crippen molar-refractivity contribution in [3.05, 3.63) is 18.0 Å². The molecule has 0 saturated carbocycles. The highest BCUT2D eigenvalue weighted by Gasteiger charge is 2.21. The molecule has 0 aliphatic heterocycles. The Balaban J connectivity index is 2.96. The minimum Gasteiger partial charge on any atom is -0.377 e. The normalized spacial score (nSPS) is 12.4. The number of aromatic nitrogens is 1. The van der Waals surface area contributed by atoms with E-state index in [0.29, 0.717) is 13.1 Å². The van der Waals surface area contributed by atoms with Gasteiger partial charge in [-0.05, 0) is 26.8 Å². The van der Waals surface area contributed by atoms with Gasteiger partial charge in [0.15, 0.2) is 0 Å². The number of nitrogens with two attached hydrogens (primary N) is 1. The smallest absolute Gasteiger partial charge is 0.268 e. The molecule has 1 aromatic rings. The number of nitrogens with zero attached hydrogens (tertiary/aromatic N) is 1. The third kappa shape index (κ3) is 4.06. The average molecular weight is 303 g/mol. The second-order valence-electron chi connectivity index (χ2n) is 5.04. The van der Waals surface area contributed by atoms with Crippen LogP contribution in [0.15, 0.2) is 17.2 Å². The van der Waals surface area contributed by atoms with Crippen LogP contribution in [0.2, 0.25) is 0 Å². The molecule has 20 heavy (non-hydrogen) atoms. The van der Waals surface area contributed by atoms with Crippen LogP contribution in [-0.2, 0) is 21.3 Å². The number of methoxy groups -OCH3 is 1. The van der Waals surface area contributed by atoms with Crippen molar-refractivity contribution < 1.29 is 17.9 Å². The number of rotatable bonds is 6. The van der Waals surface area contributed by atoms with Crippen LogP contribution in [0.5, 0.6) is 0 Å². The van der Waals surface area contributed by atoms with Crippen LogP contribution in [0, 0.1) is 0 Å². The van der Waals surface area contributed by atoms with E-state index >= 15 is 0 Å². The van der Waals surface area contributed by atoms with Gasteiger partial charge in [-0.2, -0.15) is 0 Å². The number of nitrogens with one attached hydrogen (secondary N) is 1. The molecule has 0 radical (unpaired) electrons. The van der Waals surface area contributed by atoms with Crippen molar-refractivity contribution in [1.29, 1.82) is 0 Å². The standard InChI is InChI=1S/C12H21N3O4S/c1-5-15-7-9(20(13,17)18)6-10(15)11(16)14-8-12(2,3)19-4/h6-7H,5,8H2,1-4H3,(H,14,16)(H2,13,17,18). The second-order valence-corrected chi connectivity index (χ2v) is 6.60. The minimum atomic E-state index is -3.82. The van der Waals surface area contributed by atoms with Gasteiger partial charge in [-0.15, -0.1) is 0 Å². The molecule has 7 nitrogen and oxygen atoms in total. The van der Waals surface area contributed by atoms with Gasteiger partial charge in [-0.1, -0.05) is 0 Å². The first kappa shape index (κ1) is 16.7. The molecule has 0 aliphatic rings. The molecule has 1 aromatic heterocycles. The Bertz CT molecular complexity index is 590. The van der Waals surface area contributed by atoms with E-state index in [-0.39, 0.29) is 16.5 Å². The van der Waals surface area contributed by atoms with Crippen molar-refractivity contribution in [3.8, 4) is 0 Å². The monoisotopic (exact) mass is 303 g/mol. The van der Waals surface area contributed by atoms with Gasteiger partial charge in [0.25, 0.3) is 5.91 Å². The predicted octanol–water partition coefficient (Wildman–Crippen LogP) is 0.310. The summed E-state index contributed by atoms with van der Waals surface area (Å²) in [5.74, 6) is -0.369. The lowest BCUT2D eigenvalue weighted by Crippen LogP contribution is -2.40. The van der Waals surface area contributed by atoms with Crippen LogP contribution in [0.25, 0.3) is 0 Å². The van der Waals surface area contributed by atoms with Crippen LogP contribution in [0.3, 0.4) is 0 Å². The maximum absolute atomic E-state index is 12.1. The number of hydrogen-bond acceptors (Lipinski definition) is 4. The fourth-order valence-electron chi connectivity index (χ4n) is 1.55. The highest BCUT2D eigenvalue weighted by atomic mass is 32.2. The molecule has 1 rings (SSSR count). The largest absolute Gasteiger partial charge is 0.377 e. The molecule has 0 aliphatic carbocycles. The highest BCUT2D eigenvalue weighted by molar-refractivity contribution is 7.89. The maximum Gasteiger partial charge on any atom is 0.268 e. The summed E-state index contributed by atoms with van der Waals surface area (Å²) in [6.07, 6.45) is 1.35. The molecule has 0 atom stereocenters. The number of carbonyl (C=O) groups is 1. The molecule has 0 spiro atoms. The lowest BCUT2D eigenvalue weighted by atomic mass is 10.1. The van der Waals surface area contributed by atoms with Crippen LogP contribution >= 0.6 is 0 Å². The first-order chi connectivity index (χ1) is 9.10. The van der Waals surface area contributed by atoms with E-state index in [1.807, 2.05) is 20.8 Å². The van der Waals surface area contributed by atoms with Crippen LogP contribution in [0.1, 0.15) is 31.3 Å². The number of amides is 1. The van der Waals surface area contributed by atoms with E-state index in [0.717, 1.165) is 0 Å². The first-order valence-electron chi connectivity index (χ1n) is 6.17. The maximum atomic E-state index is 12.1. The van der Waals surface area contributed by atoms with E-state index in [2.05, 4.69) is 5.32 Å². The summed E-state index contributed by atoms with van der Waals surface area (Å²) in [6.45, 7) is 6.25. The van der Waals surface area contributed by atoms with Gasteiger partial charge < -0.3 is 14.6 Å². The zero-order chi connectivity index (χ0) is 15.6. The van der Waals surface area contributed by atoms with Gasteiger partial charge in [0, 0.05) is 26.4 Å². The molecule has 0 bridgehead atoms. The lowest BCUT2D eigenvalue weighted by molar-refractivity contribution is 0.0227. The Hall–Kier alpha value is -1.38. The Morgan fingerprint density at radius 3 is 2.55 bits per heavy atom. The Morgan fingerprint density at radius 2 is 2.10 bits per heavy atom. The summed E-state index contributed by atoms with van der Waals surface area (Å²) in [4.78, 5) is 12.0. The van der Waals surface area contributed by atoms with Crippen LogP contribution < -0.4 is 10.5 Å². The third-order valence-corrected chi connectivity index (χ3v) is 3.88. The molecule has 1 amide bonds. The molecule has 0 fully saturated rings. The van der Waals surface area contributed by atoms with Crippen molar-refractivity contribution in [2.45, 2.75) is 37.8 Å². The third-order valence-electron chi connectivity index (χ3n) is 3.00. The van der Waals surface area contributed by atoms with Crippen molar-refractivity contribution in [1.82, 2.24) is 9.88 Å². The fraction of sp³-hybridized carbons (Fsp3) is 0.583. The highest BCUT2D eigenvalue weighted by Crippen LogP contribution is 2.14. The zero-order valence-corrected chi connectivity index (χ0v) is 13.0. The molecule has 1 heterocycles. The number of carbonyl (C=O) groups excluding carboxylic acids is 1. The van der Waals surface area contributed by atoms with E-state index < -0.39 is 15.6 Å². The summed E-state index contributed by atoms with van der Waals surface area (Å²) in [7, 11) is -2.27. The van der Waals surface area contributed by atoms with Crippen molar-refractivity contribution in [2.24, 2.45) is 5.14 Å². The fourth-order valence-corrected chi connectivity index (χ4v) is 2.10. The summed E-state index contributed by atoms with van der Waals surface area (Å²) in [6, 6.07) is 1.27. The summed E-state index contributed by atoms with van der Waals surface area (Å²) in [5.41, 5.74) is -0.245. The first-order valence-corrected chi connectivity index (χ1v) is 7.71. The SMILES string of the molecule is CCn1cc(S(N)(=O)=O)cc1C(=O)NCC(C)(C)OC. The van der Waals surface area contributed by atoms with Gasteiger partial charge in [0.05, 0.1) is 5.60 Å². The van der Waals surface area contributed by atoms with Crippen molar-refractivity contribution >= 4 is 15.9 Å². The Morgan fingerprint density at radius 1 is 1.50 bits per heavy atom. The van der Waals surface area contributed by atoms with Crippen LogP contribution in [0.4, 0.5) is 0 Å².